The second-order valence-electron chi connectivity index (χ2n) is 9.45. The Bertz CT molecular complexity index is 977. The lowest BCUT2D eigenvalue weighted by Crippen LogP contribution is -2.26. The van der Waals surface area contributed by atoms with E-state index in [1.165, 1.54) is 23.2 Å². The van der Waals surface area contributed by atoms with Crippen molar-refractivity contribution in [2.24, 2.45) is 5.16 Å². The van der Waals surface area contributed by atoms with Gasteiger partial charge in [-0.2, -0.15) is 0 Å². The summed E-state index contributed by atoms with van der Waals surface area (Å²) < 4.78 is 11.2. The molecule has 1 aliphatic heterocycles. The highest BCUT2D eigenvalue weighted by Crippen LogP contribution is 2.39. The van der Waals surface area contributed by atoms with Gasteiger partial charge in [0, 0.05) is 11.9 Å². The number of aryl methyl sites for hydroxylation is 1. The van der Waals surface area contributed by atoms with Crippen molar-refractivity contribution in [3.05, 3.63) is 53.1 Å². The summed E-state index contributed by atoms with van der Waals surface area (Å²) in [5, 5.41) is 6.94. The van der Waals surface area contributed by atoms with E-state index in [9.17, 15) is 4.79 Å². The molecule has 5 nitrogen and oxygen atoms in total. The molecule has 0 radical (unpaired) electrons. The molecule has 0 aliphatic carbocycles. The van der Waals surface area contributed by atoms with Crippen molar-refractivity contribution in [2.75, 3.05) is 11.9 Å². The average Bonchev–Trinajstić information content (AvgIpc) is 2.92. The first-order valence-corrected chi connectivity index (χ1v) is 11.4. The van der Waals surface area contributed by atoms with Gasteiger partial charge < -0.3 is 14.3 Å². The summed E-state index contributed by atoms with van der Waals surface area (Å²) in [5.74, 6) is 0.801. The highest BCUT2D eigenvalue weighted by atomic mass is 32.2. The summed E-state index contributed by atoms with van der Waals surface area (Å²) in [4.78, 5) is 13.1. The number of nitrogens with zero attached hydrogens (tertiary/aromatic N) is 1. The van der Waals surface area contributed by atoms with Crippen LogP contribution in [-0.2, 0) is 19.9 Å². The second kappa shape index (κ2) is 9.35. The van der Waals surface area contributed by atoms with Gasteiger partial charge in [0.15, 0.2) is 0 Å². The first kappa shape index (κ1) is 23.2. The van der Waals surface area contributed by atoms with E-state index < -0.39 is 5.41 Å². The number of carbonyl (C=O) groups excluding carboxylic acids is 1. The summed E-state index contributed by atoms with van der Waals surface area (Å²) in [6.45, 7) is 13.1. The van der Waals surface area contributed by atoms with Gasteiger partial charge in [0.2, 0.25) is 5.91 Å². The van der Waals surface area contributed by atoms with Crippen molar-refractivity contribution in [1.29, 1.82) is 0 Å². The zero-order valence-corrected chi connectivity index (χ0v) is 20.1. The predicted molar refractivity (Wildman–Crippen MR) is 128 cm³/mol. The monoisotopic (exact) mass is 440 g/mol. The highest BCUT2D eigenvalue weighted by Gasteiger charge is 2.38. The molecule has 2 aromatic rings. The van der Waals surface area contributed by atoms with Gasteiger partial charge in [-0.15, -0.1) is 0 Å². The summed E-state index contributed by atoms with van der Waals surface area (Å²) in [7, 11) is 0. The molecular weight excluding hydrogens is 408 g/mol. The standard InChI is InChI=1S/C25H32N2O3S/c1-17-15-18(24(2,3)4)9-12-22(17)31-30-26-13-7-8-14-29-19-10-11-21-20(16-19)25(5,6)23(28)27-21/h9-13,15-16H,7-8,14H2,1-6H3,(H,27,28). The minimum atomic E-state index is -0.526. The van der Waals surface area contributed by atoms with Crippen LogP contribution in [0.25, 0.3) is 0 Å². The Labute approximate surface area is 189 Å². The number of hydrogen-bond donors (Lipinski definition) is 1. The Balaban J connectivity index is 1.39. The summed E-state index contributed by atoms with van der Waals surface area (Å²) in [5.41, 5.74) is 3.96. The normalized spacial score (nSPS) is 15.1. The van der Waals surface area contributed by atoms with E-state index in [0.717, 1.165) is 34.7 Å². The number of unbranched alkanes of at least 4 members (excludes halogenated alkanes) is 1. The number of carbonyl (C=O) groups is 1. The zero-order valence-electron chi connectivity index (χ0n) is 19.2. The Kier molecular flexibility index (Phi) is 6.99. The van der Waals surface area contributed by atoms with Crippen LogP contribution in [-0.4, -0.2) is 18.7 Å². The number of fused-ring (bicyclic) bond motifs is 1. The Hall–Kier alpha value is -2.47. The zero-order chi connectivity index (χ0) is 22.6. The van der Waals surface area contributed by atoms with Crippen LogP contribution in [0.3, 0.4) is 0 Å². The first-order valence-electron chi connectivity index (χ1n) is 10.6. The fraction of sp³-hybridized carbons (Fsp3) is 0.440. The molecule has 0 spiro atoms. The summed E-state index contributed by atoms with van der Waals surface area (Å²) in [6, 6.07) is 12.2. The maximum Gasteiger partial charge on any atom is 0.234 e. The molecule has 0 fully saturated rings. The molecule has 1 amide bonds. The lowest BCUT2D eigenvalue weighted by Gasteiger charge is -2.20. The van der Waals surface area contributed by atoms with Crippen LogP contribution in [0, 0.1) is 6.92 Å². The minimum absolute atomic E-state index is 0.0223. The van der Waals surface area contributed by atoms with Crippen molar-refractivity contribution >= 4 is 29.9 Å². The number of rotatable bonds is 8. The molecular formula is C25H32N2O3S. The van der Waals surface area contributed by atoms with Crippen molar-refractivity contribution in [2.45, 2.75) is 70.1 Å². The molecule has 2 aromatic carbocycles. The number of oxime groups is 1. The maximum absolute atomic E-state index is 12.0. The van der Waals surface area contributed by atoms with Crippen molar-refractivity contribution in [3.63, 3.8) is 0 Å². The summed E-state index contributed by atoms with van der Waals surface area (Å²) >= 11 is 1.28. The van der Waals surface area contributed by atoms with Gasteiger partial charge in [-0.3, -0.25) is 4.79 Å². The smallest absolute Gasteiger partial charge is 0.234 e. The Morgan fingerprint density at radius 2 is 1.94 bits per heavy atom. The predicted octanol–water partition coefficient (Wildman–Crippen LogP) is 6.39. The lowest BCUT2D eigenvalue weighted by molar-refractivity contribution is -0.119. The third kappa shape index (κ3) is 5.62. The third-order valence-electron chi connectivity index (χ3n) is 5.51. The molecule has 0 aromatic heterocycles. The topological polar surface area (TPSA) is 59.9 Å². The van der Waals surface area contributed by atoms with Gasteiger partial charge in [-0.1, -0.05) is 38.1 Å². The lowest BCUT2D eigenvalue weighted by atomic mass is 9.86. The summed E-state index contributed by atoms with van der Waals surface area (Å²) in [6.07, 6.45) is 3.36. The van der Waals surface area contributed by atoms with Crippen LogP contribution in [0.2, 0.25) is 0 Å². The van der Waals surface area contributed by atoms with E-state index in [1.54, 1.807) is 6.21 Å². The largest absolute Gasteiger partial charge is 0.494 e. The number of nitrogens with one attached hydrogen (secondary N) is 1. The quantitative estimate of drug-likeness (QED) is 0.224. The second-order valence-corrected chi connectivity index (χ2v) is 10.2. The van der Waals surface area contributed by atoms with E-state index in [-0.39, 0.29) is 11.3 Å². The van der Waals surface area contributed by atoms with Crippen LogP contribution in [0.4, 0.5) is 5.69 Å². The molecule has 3 rings (SSSR count). The maximum atomic E-state index is 12.0. The first-order chi connectivity index (χ1) is 14.6. The van der Waals surface area contributed by atoms with Gasteiger partial charge in [-0.25, -0.2) is 0 Å². The fourth-order valence-electron chi connectivity index (χ4n) is 3.36. The van der Waals surface area contributed by atoms with Gasteiger partial charge >= 0.3 is 0 Å². The van der Waals surface area contributed by atoms with Crippen LogP contribution in [0.15, 0.2) is 46.4 Å². The van der Waals surface area contributed by atoms with Crippen LogP contribution in [0.1, 0.15) is 64.2 Å². The molecule has 6 heteroatoms. The number of anilines is 1. The van der Waals surface area contributed by atoms with Crippen LogP contribution in [0.5, 0.6) is 5.75 Å². The van der Waals surface area contributed by atoms with E-state index in [4.69, 9.17) is 9.02 Å². The number of benzene rings is 2. The minimum Gasteiger partial charge on any atom is -0.494 e. The SMILES string of the molecule is Cc1cc(C(C)(C)C)ccc1SON=CCCCOc1ccc2c(c1)C(C)(C)C(=O)N2. The number of hydrogen-bond acceptors (Lipinski definition) is 5. The Morgan fingerprint density at radius 1 is 1.16 bits per heavy atom. The third-order valence-corrected chi connectivity index (χ3v) is 6.31. The van der Waals surface area contributed by atoms with Gasteiger partial charge in [-0.05, 0) is 80.0 Å². The molecule has 31 heavy (non-hydrogen) atoms. The van der Waals surface area contributed by atoms with E-state index in [0.29, 0.717) is 6.61 Å². The molecule has 1 heterocycles. The van der Waals surface area contributed by atoms with Crippen LogP contribution >= 0.6 is 12.0 Å². The molecule has 1 N–H and O–H groups in total. The molecule has 1 aliphatic rings. The van der Waals surface area contributed by atoms with Gasteiger partial charge in [0.05, 0.1) is 16.9 Å². The number of ether oxygens (including phenoxy) is 1. The molecule has 166 valence electrons. The number of amides is 1. The van der Waals surface area contributed by atoms with Crippen molar-refractivity contribution < 1.29 is 13.8 Å². The fourth-order valence-corrected chi connectivity index (χ4v) is 3.86. The molecule has 0 unspecified atom stereocenters. The van der Waals surface area contributed by atoms with E-state index in [1.807, 2.05) is 32.0 Å². The van der Waals surface area contributed by atoms with E-state index in [2.05, 4.69) is 56.4 Å². The molecule has 0 bridgehead atoms. The molecule has 0 saturated heterocycles. The Morgan fingerprint density at radius 3 is 2.65 bits per heavy atom. The van der Waals surface area contributed by atoms with Crippen molar-refractivity contribution in [3.8, 4) is 5.75 Å². The molecule has 0 atom stereocenters. The van der Waals surface area contributed by atoms with Gasteiger partial charge in [0.1, 0.15) is 17.8 Å². The van der Waals surface area contributed by atoms with E-state index >= 15 is 0 Å². The van der Waals surface area contributed by atoms with Crippen molar-refractivity contribution in [1.82, 2.24) is 0 Å². The molecule has 0 saturated carbocycles. The van der Waals surface area contributed by atoms with Gasteiger partial charge in [0.25, 0.3) is 0 Å². The average molecular weight is 441 g/mol. The highest BCUT2D eigenvalue weighted by molar-refractivity contribution is 7.94. The van der Waals surface area contributed by atoms with Crippen LogP contribution < -0.4 is 10.1 Å².